The Kier molecular flexibility index (Phi) is 11.8. The molecule has 0 spiro atoms. The van der Waals surface area contributed by atoms with Crippen molar-refractivity contribution in [3.63, 3.8) is 0 Å². The molecule has 0 rings (SSSR count). The Balaban J connectivity index is 0. The number of ether oxygens (including phenoxy) is 1. The first-order valence-electron chi connectivity index (χ1n) is 2.35. The Morgan fingerprint density at radius 2 is 2.22 bits per heavy atom. The van der Waals surface area contributed by atoms with Gasteiger partial charge in [-0.1, -0.05) is 0 Å². The van der Waals surface area contributed by atoms with Crippen LogP contribution in [0, 0.1) is 11.5 Å². The molecule has 0 amide bonds. The van der Waals surface area contributed by atoms with E-state index in [1.165, 1.54) is 6.92 Å². The Bertz CT molecular complexity index is 105. The van der Waals surface area contributed by atoms with Crippen LogP contribution < -0.4 is 0 Å². The van der Waals surface area contributed by atoms with E-state index in [1.54, 1.807) is 6.92 Å². The van der Waals surface area contributed by atoms with Gasteiger partial charge in [-0.25, -0.2) is 0 Å². The molecule has 0 saturated carbocycles. The maximum Gasteiger partial charge on any atom is 0.302 e. The molecule has 1 N–H and O–H groups in total. The standard InChI is InChI=1S/C4H8O2.CHNO/c1-3-6-4(2)5;2-1-3/h3H2,1-2H3;3H. The van der Waals surface area contributed by atoms with E-state index >= 15 is 0 Å². The van der Waals surface area contributed by atoms with Gasteiger partial charge in [0.1, 0.15) is 0 Å². The molecule has 0 radical (unpaired) electrons. The third-order valence-electron chi connectivity index (χ3n) is 0.348. The smallest absolute Gasteiger partial charge is 0.302 e. The maximum atomic E-state index is 9.82. The molecule has 0 bridgehead atoms. The maximum absolute atomic E-state index is 9.82. The fourth-order valence-electron chi connectivity index (χ4n) is 0.203. The number of hydrogen-bond donors (Lipinski definition) is 1. The first kappa shape index (κ1) is 10.7. The monoisotopic (exact) mass is 131 g/mol. The minimum absolute atomic E-state index is 0.211. The third kappa shape index (κ3) is 49.4. The predicted molar refractivity (Wildman–Crippen MR) is 29.9 cm³/mol. The summed E-state index contributed by atoms with van der Waals surface area (Å²) in [5.41, 5.74) is 0. The molecule has 0 atom stereocenters. The molecule has 4 heteroatoms. The number of carbonyl (C=O) groups excluding carboxylic acids is 1. The van der Waals surface area contributed by atoms with Gasteiger partial charge < -0.3 is 9.84 Å². The lowest BCUT2D eigenvalue weighted by atomic mass is 10.8. The lowest BCUT2D eigenvalue weighted by Gasteiger charge is -1.89. The number of esters is 1. The van der Waals surface area contributed by atoms with Crippen LogP contribution in [0.3, 0.4) is 0 Å². The van der Waals surface area contributed by atoms with Crippen LogP contribution in [0.2, 0.25) is 0 Å². The zero-order chi connectivity index (χ0) is 7.70. The van der Waals surface area contributed by atoms with Gasteiger partial charge in [0.15, 0.2) is 0 Å². The quantitative estimate of drug-likeness (QED) is 0.413. The van der Waals surface area contributed by atoms with Crippen LogP contribution in [-0.2, 0) is 9.53 Å². The molecule has 0 aliphatic carbocycles. The average Bonchev–Trinajstić information content (AvgIpc) is 1.67. The highest BCUT2D eigenvalue weighted by Gasteiger charge is 1.81. The number of hydrogen-bond acceptors (Lipinski definition) is 4. The van der Waals surface area contributed by atoms with Crippen molar-refractivity contribution in [1.29, 1.82) is 5.26 Å². The van der Waals surface area contributed by atoms with E-state index in [0.717, 1.165) is 6.26 Å². The summed E-state index contributed by atoms with van der Waals surface area (Å²) in [7, 11) is 0. The second-order valence-corrected chi connectivity index (χ2v) is 1.02. The number of carbonyl (C=O) groups is 1. The summed E-state index contributed by atoms with van der Waals surface area (Å²) in [6, 6.07) is 0. The van der Waals surface area contributed by atoms with E-state index in [9.17, 15) is 4.79 Å². The van der Waals surface area contributed by atoms with Crippen LogP contribution in [-0.4, -0.2) is 17.7 Å². The Labute approximate surface area is 53.7 Å². The van der Waals surface area contributed by atoms with Crippen molar-refractivity contribution >= 4 is 5.97 Å². The van der Waals surface area contributed by atoms with Gasteiger partial charge in [0.25, 0.3) is 6.26 Å². The Morgan fingerprint density at radius 3 is 2.22 bits per heavy atom. The molecule has 0 fully saturated rings. The number of aliphatic hydroxyl groups excluding tert-OH is 1. The summed E-state index contributed by atoms with van der Waals surface area (Å²) in [6.45, 7) is 3.65. The van der Waals surface area contributed by atoms with E-state index in [0.29, 0.717) is 6.61 Å². The Hall–Kier alpha value is -1.24. The molecule has 0 aromatic rings. The van der Waals surface area contributed by atoms with Gasteiger partial charge in [-0.05, 0) is 6.92 Å². The molecule has 0 saturated heterocycles. The molecule has 9 heavy (non-hydrogen) atoms. The topological polar surface area (TPSA) is 70.3 Å². The van der Waals surface area contributed by atoms with Crippen LogP contribution in [0.5, 0.6) is 0 Å². The molecule has 4 nitrogen and oxygen atoms in total. The van der Waals surface area contributed by atoms with E-state index in [-0.39, 0.29) is 5.97 Å². The van der Waals surface area contributed by atoms with Crippen LogP contribution in [0.15, 0.2) is 0 Å². The summed E-state index contributed by atoms with van der Waals surface area (Å²) in [4.78, 5) is 9.82. The molecule has 0 aromatic heterocycles. The van der Waals surface area contributed by atoms with Crippen molar-refractivity contribution in [3.05, 3.63) is 0 Å². The van der Waals surface area contributed by atoms with Gasteiger partial charge in [0, 0.05) is 6.92 Å². The van der Waals surface area contributed by atoms with E-state index in [1.807, 2.05) is 0 Å². The minimum atomic E-state index is -0.211. The van der Waals surface area contributed by atoms with Gasteiger partial charge in [-0.3, -0.25) is 4.79 Å². The van der Waals surface area contributed by atoms with E-state index < -0.39 is 0 Å². The molecular weight excluding hydrogens is 122 g/mol. The van der Waals surface area contributed by atoms with Crippen LogP contribution >= 0.6 is 0 Å². The third-order valence-corrected chi connectivity index (χ3v) is 0.348. The molecule has 0 aliphatic rings. The van der Waals surface area contributed by atoms with Crippen LogP contribution in [0.25, 0.3) is 0 Å². The summed E-state index contributed by atoms with van der Waals surface area (Å²) in [6.07, 6.45) is 0.750. The largest absolute Gasteiger partial charge is 0.466 e. The lowest BCUT2D eigenvalue weighted by molar-refractivity contribution is -0.140. The summed E-state index contributed by atoms with van der Waals surface area (Å²) < 4.78 is 4.40. The highest BCUT2D eigenvalue weighted by Crippen LogP contribution is 1.69. The molecule has 0 heterocycles. The first-order chi connectivity index (χ1) is 4.18. The van der Waals surface area contributed by atoms with Crippen molar-refractivity contribution < 1.29 is 14.6 Å². The Morgan fingerprint density at radius 1 is 1.89 bits per heavy atom. The van der Waals surface area contributed by atoms with Crippen molar-refractivity contribution in [3.8, 4) is 6.26 Å². The van der Waals surface area contributed by atoms with Crippen LogP contribution in [0.4, 0.5) is 0 Å². The van der Waals surface area contributed by atoms with Gasteiger partial charge in [0.05, 0.1) is 6.61 Å². The first-order valence-corrected chi connectivity index (χ1v) is 2.35. The van der Waals surface area contributed by atoms with E-state index in [2.05, 4.69) is 4.74 Å². The normalized spacial score (nSPS) is 5.89. The van der Waals surface area contributed by atoms with E-state index in [4.69, 9.17) is 10.4 Å². The number of nitriles is 1. The predicted octanol–water partition coefficient (Wildman–Crippen LogP) is 0.409. The lowest BCUT2D eigenvalue weighted by Crippen LogP contribution is -1.95. The molecule has 52 valence electrons. The zero-order valence-corrected chi connectivity index (χ0v) is 5.42. The van der Waals surface area contributed by atoms with Gasteiger partial charge in [0.2, 0.25) is 0 Å². The van der Waals surface area contributed by atoms with Crippen molar-refractivity contribution in [2.75, 3.05) is 6.61 Å². The van der Waals surface area contributed by atoms with Crippen molar-refractivity contribution in [1.82, 2.24) is 0 Å². The second-order valence-electron chi connectivity index (χ2n) is 1.02. The summed E-state index contributed by atoms with van der Waals surface area (Å²) in [5, 5.41) is 13.8. The van der Waals surface area contributed by atoms with Crippen molar-refractivity contribution in [2.24, 2.45) is 0 Å². The SMILES string of the molecule is CCOC(C)=O.N#CO. The van der Waals surface area contributed by atoms with Gasteiger partial charge >= 0.3 is 5.97 Å². The second kappa shape index (κ2) is 9.90. The van der Waals surface area contributed by atoms with Crippen molar-refractivity contribution in [2.45, 2.75) is 13.8 Å². The number of rotatable bonds is 1. The fourth-order valence-corrected chi connectivity index (χ4v) is 0.203. The number of aliphatic hydroxyl groups is 1. The van der Waals surface area contributed by atoms with Gasteiger partial charge in [-0.2, -0.15) is 5.26 Å². The molecule has 0 aromatic carbocycles. The summed E-state index contributed by atoms with van der Waals surface area (Å²) in [5.74, 6) is -0.211. The van der Waals surface area contributed by atoms with Gasteiger partial charge in [-0.15, -0.1) is 0 Å². The zero-order valence-electron chi connectivity index (χ0n) is 5.42. The highest BCUT2D eigenvalue weighted by molar-refractivity contribution is 5.65. The molecule has 0 aliphatic heterocycles. The van der Waals surface area contributed by atoms with Crippen LogP contribution in [0.1, 0.15) is 13.8 Å². The fraction of sp³-hybridized carbons (Fsp3) is 0.600. The average molecular weight is 131 g/mol. The minimum Gasteiger partial charge on any atom is -0.466 e. The number of nitrogens with zero attached hydrogens (tertiary/aromatic N) is 1. The molecule has 0 unspecified atom stereocenters. The molecular formula is C5H9NO3. The summed E-state index contributed by atoms with van der Waals surface area (Å²) >= 11 is 0. The highest BCUT2D eigenvalue weighted by atomic mass is 16.5.